The first kappa shape index (κ1) is 31.9. The fraction of sp³-hybridized carbons (Fsp3) is 0.588. The average Bonchev–Trinajstić information content (AvgIpc) is 3.40. The predicted octanol–water partition coefficient (Wildman–Crippen LogP) is 2.92. The Kier molecular flexibility index (Phi) is 9.90. The van der Waals surface area contributed by atoms with Crippen LogP contribution < -0.4 is 5.32 Å². The Hall–Kier alpha value is -3.50. The third-order valence-electron chi connectivity index (χ3n) is 9.22. The number of esters is 1. The van der Waals surface area contributed by atoms with Gasteiger partial charge >= 0.3 is 5.97 Å². The van der Waals surface area contributed by atoms with Crippen molar-refractivity contribution in [2.45, 2.75) is 82.7 Å². The van der Waals surface area contributed by atoms with E-state index < -0.39 is 47.6 Å². The Morgan fingerprint density at radius 2 is 1.86 bits per heavy atom. The largest absolute Gasteiger partial charge is 0.463 e. The lowest BCUT2D eigenvalue weighted by Crippen LogP contribution is -2.58. The summed E-state index contributed by atoms with van der Waals surface area (Å²) in [5.74, 6) is -3.18. The molecule has 0 radical (unpaired) electrons. The number of amides is 3. The number of nitrogens with zero attached hydrogens (tertiary/aromatic N) is 2. The Labute approximate surface area is 259 Å². The molecule has 7 atom stereocenters. The maximum absolute atomic E-state index is 14.6. The summed E-state index contributed by atoms with van der Waals surface area (Å²) in [4.78, 5) is 59.1. The Balaban J connectivity index is 1.60. The monoisotopic (exact) mass is 607 g/mol. The summed E-state index contributed by atoms with van der Waals surface area (Å²) in [7, 11) is 0. The molecule has 10 nitrogen and oxygen atoms in total. The quantitative estimate of drug-likeness (QED) is 0.344. The van der Waals surface area contributed by atoms with Crippen LogP contribution in [-0.4, -0.2) is 88.7 Å². The number of unbranched alkanes of at least 4 members (excludes halogenated alkanes) is 1. The molecule has 0 saturated carbocycles. The topological polar surface area (TPSA) is 125 Å². The van der Waals surface area contributed by atoms with Crippen LogP contribution in [0, 0.1) is 17.8 Å². The molecule has 2 saturated heterocycles. The van der Waals surface area contributed by atoms with E-state index >= 15 is 0 Å². The normalized spacial score (nSPS) is 32.2. The van der Waals surface area contributed by atoms with Crippen LogP contribution in [0.15, 0.2) is 54.6 Å². The number of nitrogens with one attached hydrogen (secondary N) is 1. The number of cyclic esters (lactones) is 1. The van der Waals surface area contributed by atoms with Gasteiger partial charge in [-0.3, -0.25) is 19.2 Å². The molecule has 4 aliphatic rings. The van der Waals surface area contributed by atoms with Crippen LogP contribution in [0.5, 0.6) is 0 Å². The Morgan fingerprint density at radius 1 is 1.09 bits per heavy atom. The number of aliphatic hydroxyl groups excluding tert-OH is 1. The van der Waals surface area contributed by atoms with E-state index in [1.54, 1.807) is 17.1 Å². The summed E-state index contributed by atoms with van der Waals surface area (Å²) < 4.78 is 12.3. The van der Waals surface area contributed by atoms with Crippen LogP contribution in [0.4, 0.5) is 0 Å². The number of fused-ring (bicyclic) bond motifs is 2. The first-order chi connectivity index (χ1) is 21.2. The lowest BCUT2D eigenvalue weighted by Gasteiger charge is -2.39. The van der Waals surface area contributed by atoms with Crippen molar-refractivity contribution < 1.29 is 33.8 Å². The standard InChI is InChI=1S/C34H45N3O7/c1-4-5-17-36-18-11-16-34-29(32(41)37(30(34)33(36)42)24(20-38)19-22(2)3)28-26(44-34)14-9-10-15-27(39)43-21-25(35-31(28)40)23-12-7-6-8-13-23/h6-9,11-14,16,22,24-26,28-30,38H,4-5,10,15,17-21H2,1-3H3,(H,35,40)/b14-9-/t24-,25-,26+,28-,29-,30+,34-/m1/s1. The van der Waals surface area contributed by atoms with Gasteiger partial charge in [-0.05, 0) is 30.7 Å². The second-order valence-electron chi connectivity index (χ2n) is 12.7. The van der Waals surface area contributed by atoms with Crippen molar-refractivity contribution in [3.8, 4) is 0 Å². The summed E-state index contributed by atoms with van der Waals surface area (Å²) >= 11 is 0. The van der Waals surface area contributed by atoms with Crippen LogP contribution in [0.25, 0.3) is 0 Å². The molecule has 2 fully saturated rings. The van der Waals surface area contributed by atoms with Crippen LogP contribution in [-0.2, 0) is 28.7 Å². The molecule has 10 heteroatoms. The Bertz CT molecular complexity index is 1280. The molecule has 1 aromatic carbocycles. The van der Waals surface area contributed by atoms with Crippen LogP contribution in [0.2, 0.25) is 0 Å². The van der Waals surface area contributed by atoms with E-state index in [4.69, 9.17) is 9.47 Å². The molecule has 0 bridgehead atoms. The fourth-order valence-corrected chi connectivity index (χ4v) is 7.19. The molecule has 0 aromatic heterocycles. The molecule has 0 unspecified atom stereocenters. The van der Waals surface area contributed by atoms with Gasteiger partial charge in [-0.1, -0.05) is 81.8 Å². The second-order valence-corrected chi connectivity index (χ2v) is 12.7. The van der Waals surface area contributed by atoms with E-state index in [2.05, 4.69) is 12.2 Å². The lowest BCUT2D eigenvalue weighted by atomic mass is 9.77. The SMILES string of the molecule is CCCCN1CC=C[C@@]23O[C@H]4/C=C\CCC(=O)OC[C@H](c5ccccc5)NC(=O)[C@H]4[C@@H]2C(=O)N([C@@H](CO)CC(C)C)[C@H]3C1=O. The van der Waals surface area contributed by atoms with Crippen LogP contribution in [0.3, 0.4) is 0 Å². The molecule has 44 heavy (non-hydrogen) atoms. The van der Waals surface area contributed by atoms with Gasteiger partial charge in [0.25, 0.3) is 0 Å². The molecule has 3 amide bonds. The van der Waals surface area contributed by atoms with Gasteiger partial charge in [0.05, 0.1) is 36.6 Å². The third-order valence-corrected chi connectivity index (χ3v) is 9.22. The highest BCUT2D eigenvalue weighted by atomic mass is 16.5. The molecule has 5 rings (SSSR count). The molecule has 4 heterocycles. The number of ether oxygens (including phenoxy) is 2. The molecular weight excluding hydrogens is 562 g/mol. The van der Waals surface area contributed by atoms with Crippen molar-refractivity contribution in [1.82, 2.24) is 15.1 Å². The van der Waals surface area contributed by atoms with Crippen molar-refractivity contribution in [1.29, 1.82) is 0 Å². The average molecular weight is 608 g/mol. The number of likely N-dealkylation sites (tertiary alicyclic amines) is 1. The number of allylic oxidation sites excluding steroid dienone is 1. The zero-order valence-corrected chi connectivity index (χ0v) is 25.9. The number of hydrogen-bond acceptors (Lipinski definition) is 7. The summed E-state index contributed by atoms with van der Waals surface area (Å²) in [6.07, 6.45) is 9.16. The number of rotatable bonds is 8. The van der Waals surface area contributed by atoms with Gasteiger partial charge < -0.3 is 29.7 Å². The first-order valence-corrected chi connectivity index (χ1v) is 16.0. The van der Waals surface area contributed by atoms with E-state index in [0.29, 0.717) is 25.9 Å². The van der Waals surface area contributed by atoms with Crippen molar-refractivity contribution >= 4 is 23.7 Å². The molecule has 0 aliphatic carbocycles. The van der Waals surface area contributed by atoms with Crippen molar-refractivity contribution in [2.24, 2.45) is 17.8 Å². The minimum atomic E-state index is -1.40. The van der Waals surface area contributed by atoms with E-state index in [-0.39, 0.29) is 43.3 Å². The van der Waals surface area contributed by atoms with Gasteiger partial charge in [0.2, 0.25) is 17.7 Å². The molecule has 238 valence electrons. The minimum absolute atomic E-state index is 0.0548. The zero-order valence-electron chi connectivity index (χ0n) is 25.9. The van der Waals surface area contributed by atoms with Gasteiger partial charge in [0.15, 0.2) is 0 Å². The molecule has 2 N–H and O–H groups in total. The Morgan fingerprint density at radius 3 is 2.57 bits per heavy atom. The number of aliphatic hydroxyl groups is 1. The van der Waals surface area contributed by atoms with Crippen molar-refractivity contribution in [2.75, 3.05) is 26.3 Å². The van der Waals surface area contributed by atoms with Gasteiger partial charge in [-0.25, -0.2) is 0 Å². The molecular formula is C34H45N3O7. The van der Waals surface area contributed by atoms with Gasteiger partial charge in [0.1, 0.15) is 18.2 Å². The number of benzene rings is 1. The fourth-order valence-electron chi connectivity index (χ4n) is 7.19. The van der Waals surface area contributed by atoms with E-state index in [1.165, 1.54) is 4.90 Å². The zero-order chi connectivity index (χ0) is 31.4. The van der Waals surface area contributed by atoms with Gasteiger partial charge in [0, 0.05) is 19.5 Å². The number of carbonyl (C=O) groups is 4. The van der Waals surface area contributed by atoms with Crippen molar-refractivity contribution in [3.05, 3.63) is 60.2 Å². The van der Waals surface area contributed by atoms with Crippen LogP contribution >= 0.6 is 0 Å². The van der Waals surface area contributed by atoms with Gasteiger partial charge in [-0.15, -0.1) is 0 Å². The third kappa shape index (κ3) is 6.06. The number of carbonyl (C=O) groups excluding carboxylic acids is 4. The summed E-state index contributed by atoms with van der Waals surface area (Å²) in [6, 6.07) is 6.98. The number of hydrogen-bond donors (Lipinski definition) is 2. The summed E-state index contributed by atoms with van der Waals surface area (Å²) in [6.45, 7) is 6.62. The minimum Gasteiger partial charge on any atom is -0.463 e. The lowest BCUT2D eigenvalue weighted by molar-refractivity contribution is -0.151. The summed E-state index contributed by atoms with van der Waals surface area (Å²) in [5.41, 5.74) is -0.636. The predicted molar refractivity (Wildman–Crippen MR) is 163 cm³/mol. The van der Waals surface area contributed by atoms with Gasteiger partial charge in [-0.2, -0.15) is 0 Å². The highest BCUT2D eigenvalue weighted by Gasteiger charge is 2.72. The highest BCUT2D eigenvalue weighted by Crippen LogP contribution is 2.53. The summed E-state index contributed by atoms with van der Waals surface area (Å²) in [5, 5.41) is 13.6. The van der Waals surface area contributed by atoms with E-state index in [1.807, 2.05) is 56.3 Å². The smallest absolute Gasteiger partial charge is 0.306 e. The van der Waals surface area contributed by atoms with Crippen LogP contribution in [0.1, 0.15) is 64.5 Å². The molecule has 1 spiro atoms. The maximum atomic E-state index is 14.6. The van der Waals surface area contributed by atoms with E-state index in [0.717, 1.165) is 18.4 Å². The molecule has 4 aliphatic heterocycles. The van der Waals surface area contributed by atoms with Crippen molar-refractivity contribution in [3.63, 3.8) is 0 Å². The maximum Gasteiger partial charge on any atom is 0.306 e. The highest BCUT2D eigenvalue weighted by molar-refractivity contribution is 6.00. The second kappa shape index (κ2) is 13.6. The van der Waals surface area contributed by atoms with E-state index in [9.17, 15) is 24.3 Å². The molecule has 1 aromatic rings. The first-order valence-electron chi connectivity index (χ1n) is 16.0.